The van der Waals surface area contributed by atoms with Gasteiger partial charge in [0, 0.05) is 4.88 Å². The molecule has 25 heavy (non-hydrogen) atoms. The summed E-state index contributed by atoms with van der Waals surface area (Å²) < 4.78 is 1.50. The second-order valence-corrected chi connectivity index (χ2v) is 9.11. The summed E-state index contributed by atoms with van der Waals surface area (Å²) in [6, 6.07) is 9.95. The highest BCUT2D eigenvalue weighted by atomic mass is 32.1. The summed E-state index contributed by atoms with van der Waals surface area (Å²) in [6.07, 6.45) is 3.17. The highest BCUT2D eigenvalue weighted by Crippen LogP contribution is 2.41. The summed E-state index contributed by atoms with van der Waals surface area (Å²) >= 11 is 1.66. The van der Waals surface area contributed by atoms with Crippen LogP contribution in [0.2, 0.25) is 0 Å². The molecule has 0 radical (unpaired) electrons. The van der Waals surface area contributed by atoms with Gasteiger partial charge in [0.25, 0.3) is 5.56 Å². The third kappa shape index (κ3) is 3.01. The minimum absolute atomic E-state index is 0.000520. The summed E-state index contributed by atoms with van der Waals surface area (Å²) in [5, 5.41) is 9.34. The first kappa shape index (κ1) is 16.5. The zero-order chi connectivity index (χ0) is 17.6. The quantitative estimate of drug-likeness (QED) is 0.698. The Balaban J connectivity index is 1.75. The number of aryl methyl sites for hydroxylation is 1. The molecule has 4 rings (SSSR count). The fourth-order valence-corrected chi connectivity index (χ4v) is 4.96. The lowest BCUT2D eigenvalue weighted by molar-refractivity contribution is 0.218. The highest BCUT2D eigenvalue weighted by molar-refractivity contribution is 7.18. The van der Waals surface area contributed by atoms with Crippen molar-refractivity contribution in [2.75, 3.05) is 0 Å². The van der Waals surface area contributed by atoms with Crippen LogP contribution in [0.5, 0.6) is 0 Å². The molecule has 0 spiro atoms. The molecule has 0 amide bonds. The van der Waals surface area contributed by atoms with Crippen LogP contribution in [0.3, 0.4) is 0 Å². The van der Waals surface area contributed by atoms with Crippen molar-refractivity contribution in [2.45, 2.75) is 46.6 Å². The van der Waals surface area contributed by atoms with Crippen LogP contribution in [0.15, 0.2) is 35.1 Å². The van der Waals surface area contributed by atoms with E-state index in [-0.39, 0.29) is 5.56 Å². The third-order valence-corrected chi connectivity index (χ3v) is 6.48. The average molecular weight is 353 g/mol. The SMILES string of the molecule is CC(C)(C)[C@H]1CCc2c(sc3nnn(Cc4ccccc4)c(=O)c23)C1. The lowest BCUT2D eigenvalue weighted by Crippen LogP contribution is -2.28. The summed E-state index contributed by atoms with van der Waals surface area (Å²) in [7, 11) is 0. The van der Waals surface area contributed by atoms with E-state index < -0.39 is 0 Å². The minimum Gasteiger partial charge on any atom is -0.267 e. The topological polar surface area (TPSA) is 47.8 Å². The number of nitrogens with zero attached hydrogens (tertiary/aromatic N) is 3. The van der Waals surface area contributed by atoms with Crippen LogP contribution in [0.4, 0.5) is 0 Å². The van der Waals surface area contributed by atoms with E-state index in [4.69, 9.17) is 0 Å². The molecule has 0 saturated heterocycles. The molecular formula is C20H23N3OS. The monoisotopic (exact) mass is 353 g/mol. The van der Waals surface area contributed by atoms with E-state index in [1.165, 1.54) is 15.1 Å². The number of aromatic nitrogens is 3. The predicted octanol–water partition coefficient (Wildman–Crippen LogP) is 4.05. The van der Waals surface area contributed by atoms with Gasteiger partial charge in [0.1, 0.15) is 0 Å². The van der Waals surface area contributed by atoms with Crippen LogP contribution in [0.1, 0.15) is 43.2 Å². The fourth-order valence-electron chi connectivity index (χ4n) is 3.73. The van der Waals surface area contributed by atoms with Crippen LogP contribution in [0, 0.1) is 11.3 Å². The van der Waals surface area contributed by atoms with Crippen LogP contribution in [-0.4, -0.2) is 15.0 Å². The molecule has 2 heterocycles. The Morgan fingerprint density at radius 1 is 1.24 bits per heavy atom. The van der Waals surface area contributed by atoms with E-state index in [9.17, 15) is 4.79 Å². The number of thiophene rings is 1. The molecule has 2 aromatic heterocycles. The van der Waals surface area contributed by atoms with Crippen molar-refractivity contribution in [1.82, 2.24) is 15.0 Å². The summed E-state index contributed by atoms with van der Waals surface area (Å²) in [6.45, 7) is 7.39. The number of fused-ring (bicyclic) bond motifs is 3. The zero-order valence-electron chi connectivity index (χ0n) is 15.0. The Hall–Kier alpha value is -2.01. The lowest BCUT2D eigenvalue weighted by atomic mass is 9.72. The molecular weight excluding hydrogens is 330 g/mol. The van der Waals surface area contributed by atoms with Crippen molar-refractivity contribution in [1.29, 1.82) is 0 Å². The molecule has 1 atom stereocenters. The second kappa shape index (κ2) is 6.06. The number of hydrogen-bond donors (Lipinski definition) is 0. The van der Waals surface area contributed by atoms with Gasteiger partial charge in [-0.15, -0.1) is 16.4 Å². The van der Waals surface area contributed by atoms with E-state index in [0.717, 1.165) is 35.0 Å². The molecule has 0 unspecified atom stereocenters. The average Bonchev–Trinajstić information content (AvgIpc) is 2.96. The Labute approximate surface area is 151 Å². The standard InChI is InChI=1S/C20H23N3OS/c1-20(2,3)14-9-10-15-16(11-14)25-18-17(15)19(24)23(22-21-18)12-13-7-5-4-6-8-13/h4-8,14H,9-12H2,1-3H3/t14-/m0/s1. The lowest BCUT2D eigenvalue weighted by Gasteiger charge is -2.33. The Morgan fingerprint density at radius 2 is 2.00 bits per heavy atom. The van der Waals surface area contributed by atoms with Crippen molar-refractivity contribution in [3.63, 3.8) is 0 Å². The van der Waals surface area contributed by atoms with E-state index in [0.29, 0.717) is 17.9 Å². The van der Waals surface area contributed by atoms with E-state index in [2.05, 4.69) is 31.1 Å². The van der Waals surface area contributed by atoms with Gasteiger partial charge in [0.05, 0.1) is 11.9 Å². The van der Waals surface area contributed by atoms with Gasteiger partial charge in [-0.2, -0.15) is 0 Å². The molecule has 0 saturated carbocycles. The predicted molar refractivity (Wildman–Crippen MR) is 102 cm³/mol. The molecule has 1 aliphatic carbocycles. The van der Waals surface area contributed by atoms with Crippen LogP contribution >= 0.6 is 11.3 Å². The van der Waals surface area contributed by atoms with Crippen LogP contribution in [0.25, 0.3) is 10.2 Å². The molecule has 3 aromatic rings. The molecule has 0 fully saturated rings. The maximum atomic E-state index is 13.0. The van der Waals surface area contributed by atoms with E-state index in [1.807, 2.05) is 30.3 Å². The van der Waals surface area contributed by atoms with Crippen LogP contribution < -0.4 is 5.56 Å². The largest absolute Gasteiger partial charge is 0.279 e. The van der Waals surface area contributed by atoms with Gasteiger partial charge < -0.3 is 0 Å². The van der Waals surface area contributed by atoms with Gasteiger partial charge in [-0.3, -0.25) is 4.79 Å². The van der Waals surface area contributed by atoms with E-state index in [1.54, 1.807) is 11.3 Å². The van der Waals surface area contributed by atoms with Crippen LogP contribution in [-0.2, 0) is 19.4 Å². The Bertz CT molecular complexity index is 966. The minimum atomic E-state index is 0.000520. The first-order valence-electron chi connectivity index (χ1n) is 8.85. The smallest absolute Gasteiger partial charge is 0.267 e. The molecule has 1 aliphatic rings. The molecule has 0 bridgehead atoms. The number of rotatable bonds is 2. The molecule has 130 valence electrons. The van der Waals surface area contributed by atoms with Gasteiger partial charge >= 0.3 is 0 Å². The number of hydrogen-bond acceptors (Lipinski definition) is 4. The van der Waals surface area contributed by atoms with Crippen molar-refractivity contribution in [3.05, 3.63) is 56.7 Å². The molecule has 4 nitrogen and oxygen atoms in total. The van der Waals surface area contributed by atoms with Crippen molar-refractivity contribution >= 4 is 21.6 Å². The van der Waals surface area contributed by atoms with Gasteiger partial charge in [-0.1, -0.05) is 56.3 Å². The van der Waals surface area contributed by atoms with E-state index >= 15 is 0 Å². The fraction of sp³-hybridized carbons (Fsp3) is 0.450. The van der Waals surface area contributed by atoms with Crippen molar-refractivity contribution < 1.29 is 0 Å². The molecule has 0 N–H and O–H groups in total. The Kier molecular flexibility index (Phi) is 3.99. The first-order valence-corrected chi connectivity index (χ1v) is 9.67. The molecule has 5 heteroatoms. The highest BCUT2D eigenvalue weighted by Gasteiger charge is 2.31. The van der Waals surface area contributed by atoms with Gasteiger partial charge in [-0.25, -0.2) is 4.68 Å². The second-order valence-electron chi connectivity index (χ2n) is 8.03. The summed E-state index contributed by atoms with van der Waals surface area (Å²) in [4.78, 5) is 15.1. The van der Waals surface area contributed by atoms with Gasteiger partial charge in [0.15, 0.2) is 4.83 Å². The number of benzene rings is 1. The van der Waals surface area contributed by atoms with Crippen molar-refractivity contribution in [2.24, 2.45) is 11.3 Å². The Morgan fingerprint density at radius 3 is 2.72 bits per heavy atom. The first-order chi connectivity index (χ1) is 11.9. The zero-order valence-corrected chi connectivity index (χ0v) is 15.8. The third-order valence-electron chi connectivity index (χ3n) is 5.34. The maximum Gasteiger partial charge on any atom is 0.279 e. The molecule has 1 aromatic carbocycles. The van der Waals surface area contributed by atoms with Gasteiger partial charge in [0.2, 0.25) is 0 Å². The van der Waals surface area contributed by atoms with Gasteiger partial charge in [-0.05, 0) is 41.7 Å². The summed E-state index contributed by atoms with van der Waals surface area (Å²) in [5.74, 6) is 0.660. The maximum absolute atomic E-state index is 13.0. The normalized spacial score (nSPS) is 17.6. The molecule has 0 aliphatic heterocycles. The van der Waals surface area contributed by atoms with Crippen molar-refractivity contribution in [3.8, 4) is 0 Å². The summed E-state index contributed by atoms with van der Waals surface area (Å²) in [5.41, 5.74) is 2.59.